The van der Waals surface area contributed by atoms with Gasteiger partial charge in [0.25, 0.3) is 5.56 Å². The molecule has 2 N–H and O–H groups in total. The van der Waals surface area contributed by atoms with Gasteiger partial charge in [-0.2, -0.15) is 0 Å². The molecule has 8 heteroatoms. The van der Waals surface area contributed by atoms with Crippen LogP contribution >= 0.6 is 0 Å². The summed E-state index contributed by atoms with van der Waals surface area (Å²) < 4.78 is 4.55. The van der Waals surface area contributed by atoms with Crippen LogP contribution < -0.4 is 11.2 Å². The third kappa shape index (κ3) is 3.44. The number of rotatable bonds is 8. The lowest BCUT2D eigenvalue weighted by Gasteiger charge is -2.13. The fraction of sp³-hybridized carbons (Fsp3) is 0.688. The van der Waals surface area contributed by atoms with E-state index in [0.717, 1.165) is 12.8 Å². The Bertz CT molecular complexity index is 803. The molecule has 0 saturated heterocycles. The number of hydrogen-bond donors (Lipinski definition) is 2. The zero-order valence-electron chi connectivity index (χ0n) is 14.5. The first-order valence-corrected chi connectivity index (χ1v) is 8.41. The minimum atomic E-state index is -0.701. The van der Waals surface area contributed by atoms with Crippen LogP contribution in [0.15, 0.2) is 15.9 Å². The average Bonchev–Trinajstić information content (AvgIpc) is 2.95. The van der Waals surface area contributed by atoms with Gasteiger partial charge >= 0.3 is 5.69 Å². The van der Waals surface area contributed by atoms with Gasteiger partial charge in [-0.15, -0.1) is 0 Å². The summed E-state index contributed by atoms with van der Waals surface area (Å²) in [5.74, 6) is 0. The van der Waals surface area contributed by atoms with Crippen LogP contribution in [0.3, 0.4) is 0 Å². The van der Waals surface area contributed by atoms with Crippen molar-refractivity contribution < 1.29 is 10.2 Å². The van der Waals surface area contributed by atoms with Gasteiger partial charge in [-0.05, 0) is 40.0 Å². The Morgan fingerprint density at radius 3 is 2.54 bits per heavy atom. The molecule has 0 saturated carbocycles. The quantitative estimate of drug-likeness (QED) is 0.682. The van der Waals surface area contributed by atoms with Crippen molar-refractivity contribution in [2.45, 2.75) is 65.3 Å². The van der Waals surface area contributed by atoms with Crippen molar-refractivity contribution in [3.8, 4) is 0 Å². The molecule has 0 bridgehead atoms. The van der Waals surface area contributed by atoms with Crippen LogP contribution in [-0.2, 0) is 13.1 Å². The Hall–Kier alpha value is -1.93. The van der Waals surface area contributed by atoms with Gasteiger partial charge in [-0.25, -0.2) is 9.78 Å². The molecule has 2 aromatic rings. The number of nitrogens with zero attached hydrogens (tertiary/aromatic N) is 4. The first-order valence-electron chi connectivity index (χ1n) is 8.41. The molecule has 0 spiro atoms. The van der Waals surface area contributed by atoms with Crippen LogP contribution in [0, 0.1) is 0 Å². The SMILES string of the molecule is CCn1c(=O)n(C(C)C)c(=O)c2c1ncn2CCCCC(O)CO. The van der Waals surface area contributed by atoms with Gasteiger partial charge in [0.1, 0.15) is 0 Å². The molecule has 0 aliphatic carbocycles. The predicted octanol–water partition coefficient (Wildman–Crippen LogP) is 0.484. The first-order chi connectivity index (χ1) is 11.4. The van der Waals surface area contributed by atoms with Crippen LogP contribution in [0.4, 0.5) is 0 Å². The van der Waals surface area contributed by atoms with E-state index < -0.39 is 6.10 Å². The van der Waals surface area contributed by atoms with Gasteiger partial charge in [-0.1, -0.05) is 0 Å². The number of aromatic nitrogens is 4. The molecule has 2 aromatic heterocycles. The second kappa shape index (κ2) is 7.76. The summed E-state index contributed by atoms with van der Waals surface area (Å²) in [6.07, 6.45) is 2.87. The van der Waals surface area contributed by atoms with E-state index in [2.05, 4.69) is 4.98 Å². The molecule has 0 radical (unpaired) electrons. The molecule has 2 heterocycles. The maximum Gasteiger partial charge on any atom is 0.332 e. The zero-order valence-corrected chi connectivity index (χ0v) is 14.5. The molecule has 0 aliphatic rings. The van der Waals surface area contributed by atoms with E-state index in [1.165, 1.54) is 9.13 Å². The van der Waals surface area contributed by atoms with Crippen molar-refractivity contribution in [1.29, 1.82) is 0 Å². The van der Waals surface area contributed by atoms with Crippen LogP contribution in [0.1, 0.15) is 46.1 Å². The van der Waals surface area contributed by atoms with Crippen molar-refractivity contribution >= 4 is 11.2 Å². The fourth-order valence-corrected chi connectivity index (χ4v) is 2.87. The zero-order chi connectivity index (χ0) is 17.9. The minimum absolute atomic E-state index is 0.227. The first kappa shape index (κ1) is 18.4. The van der Waals surface area contributed by atoms with Crippen molar-refractivity contribution in [2.75, 3.05) is 6.61 Å². The molecule has 2 rings (SSSR count). The number of imidazole rings is 1. The molecule has 1 atom stereocenters. The highest BCUT2D eigenvalue weighted by Crippen LogP contribution is 2.11. The van der Waals surface area contributed by atoms with Crippen molar-refractivity contribution in [2.24, 2.45) is 0 Å². The van der Waals surface area contributed by atoms with E-state index in [9.17, 15) is 14.7 Å². The maximum absolute atomic E-state index is 12.7. The van der Waals surface area contributed by atoms with E-state index >= 15 is 0 Å². The lowest BCUT2D eigenvalue weighted by atomic mass is 10.1. The Kier molecular flexibility index (Phi) is 5.95. The van der Waals surface area contributed by atoms with E-state index in [4.69, 9.17) is 5.11 Å². The van der Waals surface area contributed by atoms with Crippen molar-refractivity contribution in [3.63, 3.8) is 0 Å². The van der Waals surface area contributed by atoms with Crippen LogP contribution in [0.25, 0.3) is 11.2 Å². The second-order valence-corrected chi connectivity index (χ2v) is 6.24. The average molecular weight is 338 g/mol. The largest absolute Gasteiger partial charge is 0.394 e. The lowest BCUT2D eigenvalue weighted by Crippen LogP contribution is -2.41. The van der Waals surface area contributed by atoms with Gasteiger partial charge in [-0.3, -0.25) is 13.9 Å². The van der Waals surface area contributed by atoms with E-state index in [-0.39, 0.29) is 23.9 Å². The van der Waals surface area contributed by atoms with E-state index in [1.54, 1.807) is 10.9 Å². The van der Waals surface area contributed by atoms with Crippen molar-refractivity contribution in [3.05, 3.63) is 27.2 Å². The van der Waals surface area contributed by atoms with Crippen LogP contribution in [0.2, 0.25) is 0 Å². The fourth-order valence-electron chi connectivity index (χ4n) is 2.87. The lowest BCUT2D eigenvalue weighted by molar-refractivity contribution is 0.0859. The standard InChI is InChI=1S/C16H26N4O4/c1-4-19-14-13(15(23)20(11(2)3)16(19)24)18(10-17-14)8-6-5-7-12(22)9-21/h10-12,21-22H,4-9H2,1-3H3. The topological polar surface area (TPSA) is 102 Å². The summed E-state index contributed by atoms with van der Waals surface area (Å²) >= 11 is 0. The number of aliphatic hydroxyl groups is 2. The maximum atomic E-state index is 12.7. The van der Waals surface area contributed by atoms with Crippen LogP contribution in [0.5, 0.6) is 0 Å². The molecule has 134 valence electrons. The van der Waals surface area contributed by atoms with Gasteiger partial charge < -0.3 is 14.8 Å². The summed E-state index contributed by atoms with van der Waals surface area (Å²) in [7, 11) is 0. The summed E-state index contributed by atoms with van der Waals surface area (Å²) in [6.45, 7) is 6.25. The molecule has 0 aliphatic heterocycles. The number of fused-ring (bicyclic) bond motifs is 1. The number of hydrogen-bond acceptors (Lipinski definition) is 5. The highest BCUT2D eigenvalue weighted by molar-refractivity contribution is 5.70. The minimum Gasteiger partial charge on any atom is -0.394 e. The smallest absolute Gasteiger partial charge is 0.332 e. The highest BCUT2D eigenvalue weighted by Gasteiger charge is 2.18. The molecule has 0 aromatic carbocycles. The summed E-state index contributed by atoms with van der Waals surface area (Å²) in [6, 6.07) is -0.227. The molecule has 1 unspecified atom stereocenters. The molecule has 0 amide bonds. The molecular formula is C16H26N4O4. The Balaban J connectivity index is 2.38. The third-order valence-corrected chi connectivity index (χ3v) is 4.16. The Morgan fingerprint density at radius 2 is 1.96 bits per heavy atom. The van der Waals surface area contributed by atoms with Gasteiger partial charge in [0.2, 0.25) is 0 Å². The molecular weight excluding hydrogens is 312 g/mol. The van der Waals surface area contributed by atoms with E-state index in [0.29, 0.717) is 30.7 Å². The molecule has 8 nitrogen and oxygen atoms in total. The van der Waals surface area contributed by atoms with Crippen molar-refractivity contribution in [1.82, 2.24) is 18.7 Å². The monoisotopic (exact) mass is 338 g/mol. The summed E-state index contributed by atoms with van der Waals surface area (Å²) in [5.41, 5.74) is 0.205. The third-order valence-electron chi connectivity index (χ3n) is 4.16. The highest BCUT2D eigenvalue weighted by atomic mass is 16.3. The van der Waals surface area contributed by atoms with Gasteiger partial charge in [0, 0.05) is 19.1 Å². The second-order valence-electron chi connectivity index (χ2n) is 6.24. The van der Waals surface area contributed by atoms with Gasteiger partial charge in [0.05, 0.1) is 19.0 Å². The molecule has 0 fully saturated rings. The summed E-state index contributed by atoms with van der Waals surface area (Å²) in [5, 5.41) is 18.2. The van der Waals surface area contributed by atoms with Crippen LogP contribution in [-0.4, -0.2) is 41.6 Å². The number of unbranched alkanes of at least 4 members (excludes halogenated alkanes) is 1. The Labute approximate surface area is 140 Å². The van der Waals surface area contributed by atoms with Gasteiger partial charge in [0.15, 0.2) is 11.2 Å². The number of aryl methyl sites for hydroxylation is 2. The summed E-state index contributed by atoms with van der Waals surface area (Å²) in [4.78, 5) is 29.5. The van der Waals surface area contributed by atoms with E-state index in [1.807, 2.05) is 20.8 Å². The number of aliphatic hydroxyl groups excluding tert-OH is 2. The normalized spacial score (nSPS) is 13.1. The predicted molar refractivity (Wildman–Crippen MR) is 91.3 cm³/mol. The Morgan fingerprint density at radius 1 is 1.25 bits per heavy atom. The molecule has 24 heavy (non-hydrogen) atoms.